The van der Waals surface area contributed by atoms with Gasteiger partial charge in [-0.1, -0.05) is 48.0 Å². The highest BCUT2D eigenvalue weighted by Crippen LogP contribution is 2.25. The van der Waals surface area contributed by atoms with Gasteiger partial charge in [0.15, 0.2) is 11.7 Å². The number of halogens is 1. The molecule has 0 fully saturated rings. The number of primary amides is 1. The van der Waals surface area contributed by atoms with Crippen LogP contribution in [0, 0.1) is 0 Å². The zero-order chi connectivity index (χ0) is 23.5. The first-order valence-electron chi connectivity index (χ1n) is 9.92. The summed E-state index contributed by atoms with van der Waals surface area (Å²) >= 11 is 6.09. The molecule has 2 aromatic carbocycles. The van der Waals surface area contributed by atoms with Crippen LogP contribution >= 0.6 is 11.6 Å². The van der Waals surface area contributed by atoms with Gasteiger partial charge < -0.3 is 21.5 Å². The smallest absolute Gasteiger partial charge is 0.356 e. The third-order valence-electron chi connectivity index (χ3n) is 5.00. The Balaban J connectivity index is 1.72. The second kappa shape index (κ2) is 9.13. The summed E-state index contributed by atoms with van der Waals surface area (Å²) in [7, 11) is 0. The number of aliphatic imine (C=N–C) groups is 1. The number of carbonyl (C=O) groups excluding carboxylic acids is 2. The highest BCUT2D eigenvalue weighted by atomic mass is 35.5. The van der Waals surface area contributed by atoms with Gasteiger partial charge in [-0.3, -0.25) is 14.6 Å². The van der Waals surface area contributed by atoms with Gasteiger partial charge >= 0.3 is 5.97 Å². The monoisotopic (exact) mass is 466 g/mol. The highest BCUT2D eigenvalue weighted by Gasteiger charge is 2.27. The van der Waals surface area contributed by atoms with E-state index in [9.17, 15) is 19.5 Å². The number of carbonyl (C=O) groups is 3. The zero-order valence-corrected chi connectivity index (χ0v) is 17.9. The van der Waals surface area contributed by atoms with Crippen molar-refractivity contribution in [2.75, 3.05) is 18.4 Å². The summed E-state index contributed by atoms with van der Waals surface area (Å²) in [6, 6.07) is 13.2. The lowest BCUT2D eigenvalue weighted by atomic mass is 10.0. The van der Waals surface area contributed by atoms with Crippen molar-refractivity contribution in [2.24, 2.45) is 10.7 Å². The van der Waals surface area contributed by atoms with Gasteiger partial charge in [0.2, 0.25) is 5.91 Å². The third kappa shape index (κ3) is 4.55. The van der Waals surface area contributed by atoms with Gasteiger partial charge in [-0.2, -0.15) is 5.10 Å². The van der Waals surface area contributed by atoms with E-state index in [-0.39, 0.29) is 22.1 Å². The Morgan fingerprint density at radius 1 is 1.15 bits per heavy atom. The molecule has 2 heterocycles. The molecule has 0 bridgehead atoms. The molecule has 4 rings (SSSR count). The topological polar surface area (TPSA) is 152 Å². The lowest BCUT2D eigenvalue weighted by molar-refractivity contribution is -0.120. The first kappa shape index (κ1) is 22.0. The molecule has 0 radical (unpaired) electrons. The van der Waals surface area contributed by atoms with Crippen molar-refractivity contribution in [3.05, 3.63) is 82.0 Å². The average Bonchev–Trinajstić information content (AvgIpc) is 3.45. The number of nitrogens with two attached hydrogens (primary N) is 1. The van der Waals surface area contributed by atoms with Crippen molar-refractivity contribution in [2.45, 2.75) is 6.04 Å². The Bertz CT molecular complexity index is 1270. The van der Waals surface area contributed by atoms with Crippen LogP contribution in [0.15, 0.2) is 59.6 Å². The van der Waals surface area contributed by atoms with E-state index >= 15 is 0 Å². The van der Waals surface area contributed by atoms with E-state index in [2.05, 4.69) is 20.7 Å². The number of nitrogens with zero attached hydrogens (tertiary/aromatic N) is 3. The molecule has 33 heavy (non-hydrogen) atoms. The van der Waals surface area contributed by atoms with E-state index in [0.29, 0.717) is 12.1 Å². The summed E-state index contributed by atoms with van der Waals surface area (Å²) in [4.78, 5) is 41.1. The quantitative estimate of drug-likeness (QED) is 0.417. The van der Waals surface area contributed by atoms with E-state index in [1.165, 1.54) is 6.07 Å². The van der Waals surface area contributed by atoms with Crippen molar-refractivity contribution in [1.29, 1.82) is 0 Å². The number of rotatable bonds is 7. The molecule has 1 atom stereocenters. The number of hydrogen-bond acceptors (Lipinski definition) is 6. The predicted molar refractivity (Wildman–Crippen MR) is 122 cm³/mol. The number of nitrogens with one attached hydrogen (secondary N) is 2. The summed E-state index contributed by atoms with van der Waals surface area (Å²) in [5.41, 5.74) is 6.76. The maximum absolute atomic E-state index is 12.8. The minimum atomic E-state index is -1.33. The zero-order valence-electron chi connectivity index (χ0n) is 17.2. The summed E-state index contributed by atoms with van der Waals surface area (Å²) in [6.07, 6.45) is 0. The predicted octanol–water partition coefficient (Wildman–Crippen LogP) is 1.91. The van der Waals surface area contributed by atoms with Crippen LogP contribution in [0.3, 0.4) is 0 Å². The van der Waals surface area contributed by atoms with Gasteiger partial charge in [-0.25, -0.2) is 9.48 Å². The normalized spacial score (nSPS) is 13.7. The number of aromatic nitrogens is 2. The second-order valence-electron chi connectivity index (χ2n) is 7.18. The van der Waals surface area contributed by atoms with Crippen LogP contribution in [0.4, 0.5) is 5.82 Å². The summed E-state index contributed by atoms with van der Waals surface area (Å²) in [6.45, 7) is 1.43. The van der Waals surface area contributed by atoms with Crippen molar-refractivity contribution < 1.29 is 19.5 Å². The largest absolute Gasteiger partial charge is 0.476 e. The lowest BCUT2D eigenvalue weighted by Gasteiger charge is -2.18. The summed E-state index contributed by atoms with van der Waals surface area (Å²) < 4.78 is 1.08. The Morgan fingerprint density at radius 3 is 2.48 bits per heavy atom. The van der Waals surface area contributed by atoms with Crippen molar-refractivity contribution in [3.63, 3.8) is 0 Å². The third-order valence-corrected chi connectivity index (χ3v) is 5.33. The van der Waals surface area contributed by atoms with E-state index in [1.54, 1.807) is 42.5 Å². The molecule has 10 nitrogen and oxygen atoms in total. The SMILES string of the molecule is NC(=O)C(c1ccc(C2=NCCN2)cc1)n1nc(C(=O)O)cc1NC(=O)c1ccccc1Cl. The molecular weight excluding hydrogens is 448 g/mol. The molecule has 0 saturated carbocycles. The Hall–Kier alpha value is -4.18. The number of carboxylic acids is 1. The number of amidine groups is 1. The van der Waals surface area contributed by atoms with Gasteiger partial charge in [0.05, 0.1) is 17.1 Å². The van der Waals surface area contributed by atoms with Gasteiger partial charge in [-0.15, -0.1) is 0 Å². The minimum absolute atomic E-state index is 0.0213. The maximum atomic E-state index is 12.8. The minimum Gasteiger partial charge on any atom is -0.476 e. The van der Waals surface area contributed by atoms with E-state index in [1.807, 2.05) is 0 Å². The Kier molecular flexibility index (Phi) is 6.09. The van der Waals surface area contributed by atoms with Gasteiger partial charge in [0, 0.05) is 18.2 Å². The van der Waals surface area contributed by atoms with E-state index in [0.717, 1.165) is 28.7 Å². The van der Waals surface area contributed by atoms with Crippen LogP contribution in [-0.2, 0) is 4.79 Å². The average molecular weight is 467 g/mol. The molecular formula is C22H19ClN6O4. The van der Waals surface area contributed by atoms with Crippen LogP contribution in [-0.4, -0.2) is 51.6 Å². The number of anilines is 1. The first-order chi connectivity index (χ1) is 15.8. The molecule has 0 spiro atoms. The van der Waals surface area contributed by atoms with Crippen LogP contribution in [0.2, 0.25) is 5.02 Å². The van der Waals surface area contributed by atoms with E-state index < -0.39 is 23.8 Å². The molecule has 1 aromatic heterocycles. The van der Waals surface area contributed by atoms with Gasteiger partial charge in [-0.05, 0) is 17.7 Å². The molecule has 1 unspecified atom stereocenters. The maximum Gasteiger partial charge on any atom is 0.356 e. The van der Waals surface area contributed by atoms with Gasteiger partial charge in [0.1, 0.15) is 11.7 Å². The van der Waals surface area contributed by atoms with Crippen molar-refractivity contribution >= 4 is 41.0 Å². The molecule has 168 valence electrons. The lowest BCUT2D eigenvalue weighted by Crippen LogP contribution is -2.30. The molecule has 1 aliphatic rings. The standard InChI is InChI=1S/C22H19ClN6O4/c23-15-4-2-1-3-14(15)21(31)27-17-11-16(22(32)33)28-29(17)18(19(24)30)12-5-7-13(8-6-12)20-25-9-10-26-20/h1-8,11,18H,9-10H2,(H2,24,30)(H,25,26)(H,27,31)(H,32,33). The molecule has 11 heteroatoms. The van der Waals surface area contributed by atoms with Crippen molar-refractivity contribution in [1.82, 2.24) is 15.1 Å². The van der Waals surface area contributed by atoms with Crippen molar-refractivity contribution in [3.8, 4) is 0 Å². The van der Waals surface area contributed by atoms with Crippen LogP contribution in [0.1, 0.15) is 38.0 Å². The molecule has 0 aliphatic carbocycles. The fourth-order valence-corrected chi connectivity index (χ4v) is 3.68. The van der Waals surface area contributed by atoms with Crippen LogP contribution in [0.25, 0.3) is 0 Å². The number of aromatic carboxylic acids is 1. The number of amides is 2. The first-order valence-corrected chi connectivity index (χ1v) is 10.3. The number of hydrogen-bond donors (Lipinski definition) is 4. The molecule has 1 aliphatic heterocycles. The number of carboxylic acid groups (broad SMARTS) is 1. The highest BCUT2D eigenvalue weighted by molar-refractivity contribution is 6.34. The summed E-state index contributed by atoms with van der Waals surface area (Å²) in [5.74, 6) is -1.98. The Labute approximate surface area is 193 Å². The van der Waals surface area contributed by atoms with Crippen LogP contribution < -0.4 is 16.4 Å². The summed E-state index contributed by atoms with van der Waals surface area (Å²) in [5, 5.41) is 19.4. The van der Waals surface area contributed by atoms with Crippen LogP contribution in [0.5, 0.6) is 0 Å². The number of benzene rings is 2. The fraction of sp³-hybridized carbons (Fsp3) is 0.136. The Morgan fingerprint density at radius 2 is 1.88 bits per heavy atom. The van der Waals surface area contributed by atoms with Gasteiger partial charge in [0.25, 0.3) is 5.91 Å². The second-order valence-corrected chi connectivity index (χ2v) is 7.59. The fourth-order valence-electron chi connectivity index (χ4n) is 3.46. The molecule has 5 N–H and O–H groups in total. The molecule has 3 aromatic rings. The molecule has 2 amide bonds. The van der Waals surface area contributed by atoms with E-state index in [4.69, 9.17) is 17.3 Å². The molecule has 0 saturated heterocycles.